The van der Waals surface area contributed by atoms with E-state index in [-0.39, 0.29) is 41.2 Å². The molecule has 10 heteroatoms. The SMILES string of the molecule is CC#CCN(C(=O)CCSCCC(F)(F)F)/C(=C/[NH2+]c1cccnc1)C(=N)Cl. The Morgan fingerprint density at radius 3 is 2.79 bits per heavy atom. The van der Waals surface area contributed by atoms with Crippen LogP contribution in [0.15, 0.2) is 36.4 Å². The lowest BCUT2D eigenvalue weighted by molar-refractivity contribution is -0.497. The molecule has 0 atom stereocenters. The van der Waals surface area contributed by atoms with E-state index in [1.54, 1.807) is 36.8 Å². The standard InChI is InChI=1S/C18H20ClF3N4OS/c1-2-3-9-26(16(27)6-10-28-11-7-18(20,21)22)15(17(19)23)13-25-14-5-4-8-24-12-14/h4-5,8,12-13,23,25H,6-7,9-11H2,1H3/p+1/b15-13+,23-17?. The maximum Gasteiger partial charge on any atom is 0.389 e. The molecule has 0 aromatic carbocycles. The maximum atomic E-state index is 12.6. The Labute approximate surface area is 171 Å². The molecule has 0 saturated carbocycles. The Balaban J connectivity index is 2.79. The minimum absolute atomic E-state index is 0.0162. The van der Waals surface area contributed by atoms with Crippen LogP contribution in [-0.4, -0.2) is 45.2 Å². The van der Waals surface area contributed by atoms with Gasteiger partial charge in [-0.25, -0.2) is 0 Å². The van der Waals surface area contributed by atoms with Crippen molar-refractivity contribution >= 4 is 40.1 Å². The number of carbonyl (C=O) groups excluding carboxylic acids is 1. The number of aromatic nitrogens is 1. The zero-order valence-electron chi connectivity index (χ0n) is 15.2. The number of nitrogens with two attached hydrogens (primary N) is 1. The number of pyridine rings is 1. The lowest BCUT2D eigenvalue weighted by Crippen LogP contribution is -2.72. The van der Waals surface area contributed by atoms with E-state index in [4.69, 9.17) is 17.0 Å². The average Bonchev–Trinajstić information content (AvgIpc) is 2.63. The molecule has 3 N–H and O–H groups in total. The lowest BCUT2D eigenvalue weighted by atomic mass is 10.3. The second kappa shape index (κ2) is 12.4. The fourth-order valence-corrected chi connectivity index (χ4v) is 3.05. The lowest BCUT2D eigenvalue weighted by Gasteiger charge is -2.21. The van der Waals surface area contributed by atoms with Crippen molar-refractivity contribution in [2.24, 2.45) is 0 Å². The van der Waals surface area contributed by atoms with E-state index in [0.29, 0.717) is 0 Å². The summed E-state index contributed by atoms with van der Waals surface area (Å²) in [6.45, 7) is 1.65. The fourth-order valence-electron chi connectivity index (χ4n) is 1.98. The number of hydrogen-bond acceptors (Lipinski definition) is 4. The number of quaternary nitrogens is 1. The Bertz CT molecular complexity index is 745. The van der Waals surface area contributed by atoms with Gasteiger partial charge in [0.25, 0.3) is 0 Å². The van der Waals surface area contributed by atoms with Gasteiger partial charge >= 0.3 is 6.18 Å². The number of amides is 1. The Kier molecular flexibility index (Phi) is 10.7. The molecule has 0 unspecified atom stereocenters. The summed E-state index contributed by atoms with van der Waals surface area (Å²) in [7, 11) is 0. The van der Waals surface area contributed by atoms with Crippen molar-refractivity contribution in [1.29, 1.82) is 5.41 Å². The third-order valence-electron chi connectivity index (χ3n) is 3.34. The third-order valence-corrected chi connectivity index (χ3v) is 4.52. The molecule has 28 heavy (non-hydrogen) atoms. The quantitative estimate of drug-likeness (QED) is 0.338. The molecule has 1 aromatic rings. The molecular formula is C18H21ClF3N4OS+. The topological polar surface area (TPSA) is 73.7 Å². The van der Waals surface area contributed by atoms with Gasteiger partial charge in [-0.05, 0) is 13.0 Å². The fraction of sp³-hybridized carbons (Fsp3) is 0.389. The second-order valence-corrected chi connectivity index (χ2v) is 7.06. The summed E-state index contributed by atoms with van der Waals surface area (Å²) in [6.07, 6.45) is -0.323. The van der Waals surface area contributed by atoms with E-state index in [9.17, 15) is 18.0 Å². The average molecular weight is 434 g/mol. The van der Waals surface area contributed by atoms with Crippen molar-refractivity contribution in [3.05, 3.63) is 36.4 Å². The van der Waals surface area contributed by atoms with Crippen LogP contribution in [-0.2, 0) is 4.79 Å². The van der Waals surface area contributed by atoms with Crippen LogP contribution in [0.5, 0.6) is 0 Å². The first kappa shape index (κ1) is 24.0. The summed E-state index contributed by atoms with van der Waals surface area (Å²) < 4.78 is 36.5. The summed E-state index contributed by atoms with van der Waals surface area (Å²) in [4.78, 5) is 17.8. The minimum Gasteiger partial charge on any atom is -0.293 e. The van der Waals surface area contributed by atoms with E-state index in [1.165, 1.54) is 11.1 Å². The molecule has 1 aromatic heterocycles. The van der Waals surface area contributed by atoms with Crippen LogP contribution in [0.3, 0.4) is 0 Å². The van der Waals surface area contributed by atoms with Gasteiger partial charge in [0, 0.05) is 30.2 Å². The molecule has 1 rings (SSSR count). The van der Waals surface area contributed by atoms with Crippen LogP contribution in [0, 0.1) is 17.3 Å². The molecule has 0 spiro atoms. The van der Waals surface area contributed by atoms with Gasteiger partial charge in [0.1, 0.15) is 17.1 Å². The molecule has 152 valence electrons. The summed E-state index contributed by atoms with van der Waals surface area (Å²) in [5.41, 5.74) is 0.924. The molecule has 0 fully saturated rings. The van der Waals surface area contributed by atoms with Crippen molar-refractivity contribution in [3.8, 4) is 11.8 Å². The predicted molar refractivity (Wildman–Crippen MR) is 105 cm³/mol. The summed E-state index contributed by atoms with van der Waals surface area (Å²) in [5, 5.41) is 9.10. The normalized spacial score (nSPS) is 11.5. The Morgan fingerprint density at radius 1 is 1.46 bits per heavy atom. The van der Waals surface area contributed by atoms with E-state index in [1.807, 2.05) is 0 Å². The van der Waals surface area contributed by atoms with Crippen LogP contribution < -0.4 is 5.32 Å². The molecule has 0 bridgehead atoms. The van der Waals surface area contributed by atoms with Crippen LogP contribution >= 0.6 is 23.4 Å². The summed E-state index contributed by atoms with van der Waals surface area (Å²) in [5.74, 6) is 5.21. The van der Waals surface area contributed by atoms with Crippen LogP contribution in [0.4, 0.5) is 18.9 Å². The van der Waals surface area contributed by atoms with Gasteiger partial charge in [-0.3, -0.25) is 25.4 Å². The first-order valence-electron chi connectivity index (χ1n) is 8.28. The highest BCUT2D eigenvalue weighted by Crippen LogP contribution is 2.22. The number of thioether (sulfide) groups is 1. The van der Waals surface area contributed by atoms with Crippen molar-refractivity contribution < 1.29 is 23.3 Å². The van der Waals surface area contributed by atoms with E-state index < -0.39 is 12.6 Å². The Hall–Kier alpha value is -2.02. The number of halogens is 4. The summed E-state index contributed by atoms with van der Waals surface area (Å²) in [6, 6.07) is 3.54. The van der Waals surface area contributed by atoms with Gasteiger partial charge in [0.2, 0.25) is 5.91 Å². The molecule has 0 aliphatic carbocycles. The van der Waals surface area contributed by atoms with Crippen molar-refractivity contribution in [1.82, 2.24) is 9.88 Å². The molecular weight excluding hydrogens is 413 g/mol. The molecule has 1 heterocycles. The smallest absolute Gasteiger partial charge is 0.293 e. The zero-order valence-corrected chi connectivity index (χ0v) is 16.8. The number of allylic oxidation sites excluding steroid dienone is 1. The molecule has 0 radical (unpaired) electrons. The number of hydrogen-bond donors (Lipinski definition) is 2. The second-order valence-electron chi connectivity index (χ2n) is 5.45. The van der Waals surface area contributed by atoms with Crippen molar-refractivity contribution in [3.63, 3.8) is 0 Å². The van der Waals surface area contributed by atoms with Gasteiger partial charge in [0.15, 0.2) is 5.69 Å². The van der Waals surface area contributed by atoms with Crippen LogP contribution in [0.1, 0.15) is 19.8 Å². The van der Waals surface area contributed by atoms with Crippen molar-refractivity contribution in [2.75, 3.05) is 18.1 Å². The number of rotatable bonds is 10. The predicted octanol–water partition coefficient (Wildman–Crippen LogP) is 3.26. The monoisotopic (exact) mass is 433 g/mol. The molecule has 1 amide bonds. The first-order chi connectivity index (χ1) is 13.2. The Morgan fingerprint density at radius 2 is 2.21 bits per heavy atom. The van der Waals surface area contributed by atoms with Gasteiger partial charge in [-0.2, -0.15) is 24.9 Å². The zero-order chi connectivity index (χ0) is 21.0. The first-order valence-corrected chi connectivity index (χ1v) is 9.82. The largest absolute Gasteiger partial charge is 0.389 e. The van der Waals surface area contributed by atoms with Gasteiger partial charge in [0.05, 0.1) is 19.2 Å². The van der Waals surface area contributed by atoms with E-state index >= 15 is 0 Å². The molecule has 5 nitrogen and oxygen atoms in total. The van der Waals surface area contributed by atoms with Crippen LogP contribution in [0.2, 0.25) is 0 Å². The highest BCUT2D eigenvalue weighted by molar-refractivity contribution is 7.99. The van der Waals surface area contributed by atoms with Crippen LogP contribution in [0.25, 0.3) is 0 Å². The summed E-state index contributed by atoms with van der Waals surface area (Å²) >= 11 is 6.92. The maximum absolute atomic E-state index is 12.6. The molecule has 0 aliphatic heterocycles. The third kappa shape index (κ3) is 9.78. The minimum atomic E-state index is -4.20. The highest BCUT2D eigenvalue weighted by Gasteiger charge is 2.26. The molecule has 0 saturated heterocycles. The van der Waals surface area contributed by atoms with Gasteiger partial charge in [-0.1, -0.05) is 17.5 Å². The van der Waals surface area contributed by atoms with Crippen molar-refractivity contribution in [2.45, 2.75) is 25.9 Å². The van der Waals surface area contributed by atoms with E-state index in [0.717, 1.165) is 17.4 Å². The van der Waals surface area contributed by atoms with Gasteiger partial charge < -0.3 is 0 Å². The van der Waals surface area contributed by atoms with E-state index in [2.05, 4.69) is 16.8 Å². The highest BCUT2D eigenvalue weighted by atomic mass is 35.5. The number of nitrogens with one attached hydrogen (secondary N) is 1. The molecule has 0 aliphatic rings. The number of carbonyl (C=O) groups is 1. The number of nitrogens with zero attached hydrogens (tertiary/aromatic N) is 2. The number of alkyl halides is 3. The van der Waals surface area contributed by atoms with Gasteiger partial charge in [-0.15, -0.1) is 5.92 Å².